The number of aryl methyl sites for hydroxylation is 1. The Hall–Kier alpha value is -3.28. The highest BCUT2D eigenvalue weighted by Crippen LogP contribution is 2.40. The van der Waals surface area contributed by atoms with Crippen molar-refractivity contribution in [2.45, 2.75) is 45.4 Å². The lowest BCUT2D eigenvalue weighted by atomic mass is 9.98. The van der Waals surface area contributed by atoms with Gasteiger partial charge in [-0.2, -0.15) is 0 Å². The number of hydrogen-bond donors (Lipinski definition) is 0. The third-order valence-electron chi connectivity index (χ3n) is 6.43. The van der Waals surface area contributed by atoms with E-state index in [0.29, 0.717) is 41.4 Å². The van der Waals surface area contributed by atoms with Crippen LogP contribution < -0.4 is 14.4 Å². The van der Waals surface area contributed by atoms with Crippen LogP contribution in [0.3, 0.4) is 0 Å². The van der Waals surface area contributed by atoms with Gasteiger partial charge >= 0.3 is 0 Å². The van der Waals surface area contributed by atoms with Gasteiger partial charge in [0.25, 0.3) is 11.8 Å². The van der Waals surface area contributed by atoms with Crippen molar-refractivity contribution in [1.29, 1.82) is 0 Å². The molecule has 0 bridgehead atoms. The fourth-order valence-corrected chi connectivity index (χ4v) is 4.73. The minimum absolute atomic E-state index is 0.210. The number of imide groups is 1. The average molecular weight is 449 g/mol. The Morgan fingerprint density at radius 1 is 0.909 bits per heavy atom. The lowest BCUT2D eigenvalue weighted by Gasteiger charge is -2.32. The van der Waals surface area contributed by atoms with Crippen LogP contribution in [0.15, 0.2) is 48.2 Å². The molecule has 174 valence electrons. The van der Waals surface area contributed by atoms with Crippen molar-refractivity contribution in [3.05, 3.63) is 59.3 Å². The zero-order valence-electron chi connectivity index (χ0n) is 19.7. The van der Waals surface area contributed by atoms with Gasteiger partial charge in [-0.25, -0.2) is 0 Å². The van der Waals surface area contributed by atoms with Gasteiger partial charge < -0.3 is 14.4 Å². The molecule has 6 nitrogen and oxygen atoms in total. The van der Waals surface area contributed by atoms with Crippen molar-refractivity contribution in [2.75, 3.05) is 32.2 Å². The molecule has 0 spiro atoms. The van der Waals surface area contributed by atoms with Gasteiger partial charge in [-0.1, -0.05) is 50.5 Å². The van der Waals surface area contributed by atoms with E-state index in [2.05, 4.69) is 13.0 Å². The molecule has 2 aliphatic heterocycles. The third kappa shape index (κ3) is 4.34. The van der Waals surface area contributed by atoms with Crippen LogP contribution >= 0.6 is 0 Å². The standard InChI is InChI=1S/C27H32N2O4/c1-4-5-6-9-16-29-26(30)24(20-14-15-22(32-2)23(18-20)33-3)25(27(29)31)28-17-10-12-19-11-7-8-13-21(19)28/h7-8,11,13-15,18H,4-6,9-10,12,16-17H2,1-3H3. The van der Waals surface area contributed by atoms with E-state index in [-0.39, 0.29) is 11.8 Å². The monoisotopic (exact) mass is 448 g/mol. The predicted molar refractivity (Wildman–Crippen MR) is 129 cm³/mol. The molecule has 2 heterocycles. The molecule has 2 aliphatic rings. The molecule has 0 radical (unpaired) electrons. The highest BCUT2D eigenvalue weighted by atomic mass is 16.5. The molecule has 4 rings (SSSR count). The number of fused-ring (bicyclic) bond motifs is 1. The molecule has 0 atom stereocenters. The highest BCUT2D eigenvalue weighted by molar-refractivity contribution is 6.36. The number of amides is 2. The molecule has 0 unspecified atom stereocenters. The van der Waals surface area contributed by atoms with E-state index in [9.17, 15) is 9.59 Å². The summed E-state index contributed by atoms with van der Waals surface area (Å²) in [4.78, 5) is 30.8. The van der Waals surface area contributed by atoms with E-state index >= 15 is 0 Å². The van der Waals surface area contributed by atoms with Gasteiger partial charge in [-0.3, -0.25) is 14.5 Å². The number of benzene rings is 2. The van der Waals surface area contributed by atoms with Gasteiger partial charge in [0.15, 0.2) is 11.5 Å². The number of carbonyl (C=O) groups is 2. The summed E-state index contributed by atoms with van der Waals surface area (Å²) >= 11 is 0. The number of carbonyl (C=O) groups excluding carboxylic acids is 2. The lowest BCUT2D eigenvalue weighted by Crippen LogP contribution is -2.37. The molecule has 6 heteroatoms. The second-order valence-corrected chi connectivity index (χ2v) is 8.50. The molecule has 0 aromatic heterocycles. The fraction of sp³-hybridized carbons (Fsp3) is 0.407. The van der Waals surface area contributed by atoms with Crippen LogP contribution in [-0.4, -0.2) is 44.0 Å². The van der Waals surface area contributed by atoms with Gasteiger partial charge in [0, 0.05) is 18.8 Å². The number of unbranched alkanes of at least 4 members (excludes halogenated alkanes) is 3. The van der Waals surface area contributed by atoms with Crippen molar-refractivity contribution >= 4 is 23.1 Å². The smallest absolute Gasteiger partial charge is 0.278 e. The lowest BCUT2D eigenvalue weighted by molar-refractivity contribution is -0.137. The van der Waals surface area contributed by atoms with E-state index < -0.39 is 0 Å². The maximum Gasteiger partial charge on any atom is 0.278 e. The predicted octanol–water partition coefficient (Wildman–Crippen LogP) is 4.82. The summed E-state index contributed by atoms with van der Waals surface area (Å²) in [6, 6.07) is 13.5. The molecule has 2 aromatic carbocycles. The molecular formula is C27H32N2O4. The number of ether oxygens (including phenoxy) is 2. The Labute approximate surface area is 195 Å². The van der Waals surface area contributed by atoms with Gasteiger partial charge in [-0.15, -0.1) is 0 Å². The van der Waals surface area contributed by atoms with Crippen LogP contribution in [0.5, 0.6) is 11.5 Å². The highest BCUT2D eigenvalue weighted by Gasteiger charge is 2.42. The second-order valence-electron chi connectivity index (χ2n) is 8.50. The Bertz CT molecular complexity index is 1080. The van der Waals surface area contributed by atoms with Crippen molar-refractivity contribution in [3.63, 3.8) is 0 Å². The zero-order valence-corrected chi connectivity index (χ0v) is 19.7. The summed E-state index contributed by atoms with van der Waals surface area (Å²) in [5.41, 5.74) is 3.78. The SMILES string of the molecule is CCCCCCN1C(=O)C(c2ccc(OC)c(OC)c2)=C(N2CCCc3ccccc32)C1=O. The van der Waals surface area contributed by atoms with Crippen molar-refractivity contribution in [1.82, 2.24) is 4.90 Å². The van der Waals surface area contributed by atoms with Crippen LogP contribution in [0.2, 0.25) is 0 Å². The number of anilines is 1. The van der Waals surface area contributed by atoms with Crippen LogP contribution in [-0.2, 0) is 16.0 Å². The van der Waals surface area contributed by atoms with Crippen molar-refractivity contribution in [3.8, 4) is 11.5 Å². The molecule has 2 aromatic rings. The molecular weight excluding hydrogens is 416 g/mol. The van der Waals surface area contributed by atoms with Crippen molar-refractivity contribution in [2.24, 2.45) is 0 Å². The molecule has 0 N–H and O–H groups in total. The van der Waals surface area contributed by atoms with E-state index in [1.54, 1.807) is 26.4 Å². The number of nitrogens with zero attached hydrogens (tertiary/aromatic N) is 2. The third-order valence-corrected chi connectivity index (χ3v) is 6.43. The summed E-state index contributed by atoms with van der Waals surface area (Å²) < 4.78 is 10.9. The quantitative estimate of drug-likeness (QED) is 0.407. The number of hydrogen-bond acceptors (Lipinski definition) is 5. The molecule has 0 saturated heterocycles. The minimum atomic E-state index is -0.234. The van der Waals surface area contributed by atoms with E-state index in [1.165, 1.54) is 10.5 Å². The topological polar surface area (TPSA) is 59.1 Å². The number of para-hydroxylation sites is 1. The summed E-state index contributed by atoms with van der Waals surface area (Å²) in [5, 5.41) is 0. The van der Waals surface area contributed by atoms with Crippen LogP contribution in [0.4, 0.5) is 5.69 Å². The molecule has 0 aliphatic carbocycles. The first-order valence-electron chi connectivity index (χ1n) is 11.8. The first-order valence-corrected chi connectivity index (χ1v) is 11.8. The Kier molecular flexibility index (Phi) is 7.02. The molecule has 0 fully saturated rings. The van der Waals surface area contributed by atoms with Crippen molar-refractivity contribution < 1.29 is 19.1 Å². The maximum absolute atomic E-state index is 13.7. The Balaban J connectivity index is 1.80. The van der Waals surface area contributed by atoms with Gasteiger partial charge in [-0.05, 0) is 48.6 Å². The number of rotatable bonds is 9. The molecule has 0 saturated carbocycles. The van der Waals surface area contributed by atoms with Crippen LogP contribution in [0.1, 0.15) is 50.2 Å². The molecule has 33 heavy (non-hydrogen) atoms. The van der Waals surface area contributed by atoms with E-state index in [1.807, 2.05) is 29.2 Å². The summed E-state index contributed by atoms with van der Waals surface area (Å²) in [7, 11) is 3.15. The average Bonchev–Trinajstić information content (AvgIpc) is 3.10. The van der Waals surface area contributed by atoms with Gasteiger partial charge in [0.05, 0.1) is 19.8 Å². The fourth-order valence-electron chi connectivity index (χ4n) is 4.73. The second kappa shape index (κ2) is 10.1. The van der Waals surface area contributed by atoms with Gasteiger partial charge in [0.2, 0.25) is 0 Å². The number of methoxy groups -OCH3 is 2. The Morgan fingerprint density at radius 3 is 2.45 bits per heavy atom. The summed E-state index contributed by atoms with van der Waals surface area (Å²) in [6.07, 6.45) is 5.91. The van der Waals surface area contributed by atoms with Crippen LogP contribution in [0.25, 0.3) is 5.57 Å². The summed E-state index contributed by atoms with van der Waals surface area (Å²) in [6.45, 7) is 3.29. The maximum atomic E-state index is 13.7. The first-order chi connectivity index (χ1) is 16.1. The first kappa shape index (κ1) is 22.9. The Morgan fingerprint density at radius 2 is 1.70 bits per heavy atom. The summed E-state index contributed by atoms with van der Waals surface area (Å²) in [5.74, 6) is 0.669. The molecule has 2 amide bonds. The van der Waals surface area contributed by atoms with E-state index in [4.69, 9.17) is 9.47 Å². The minimum Gasteiger partial charge on any atom is -0.493 e. The zero-order chi connectivity index (χ0) is 23.4. The van der Waals surface area contributed by atoms with E-state index in [0.717, 1.165) is 44.2 Å². The van der Waals surface area contributed by atoms with Gasteiger partial charge in [0.1, 0.15) is 5.70 Å². The normalized spacial score (nSPS) is 15.8. The largest absolute Gasteiger partial charge is 0.493 e. The van der Waals surface area contributed by atoms with Crippen LogP contribution in [0, 0.1) is 0 Å².